The van der Waals surface area contributed by atoms with Crippen molar-refractivity contribution in [3.05, 3.63) is 42.5 Å². The molecule has 1 aromatic carbocycles. The van der Waals surface area contributed by atoms with Crippen molar-refractivity contribution in [2.24, 2.45) is 0 Å². The molecule has 6 nitrogen and oxygen atoms in total. The Morgan fingerprint density at radius 3 is 2.81 bits per heavy atom. The Morgan fingerprint density at radius 1 is 1.43 bits per heavy atom. The van der Waals surface area contributed by atoms with E-state index in [2.05, 4.69) is 6.58 Å². The molecule has 21 heavy (non-hydrogen) atoms. The van der Waals surface area contributed by atoms with Crippen molar-refractivity contribution in [3.63, 3.8) is 0 Å². The van der Waals surface area contributed by atoms with Gasteiger partial charge in [0.05, 0.1) is 11.7 Å². The van der Waals surface area contributed by atoms with Gasteiger partial charge in [0.25, 0.3) is 5.91 Å². The summed E-state index contributed by atoms with van der Waals surface area (Å²) < 4.78 is 5.41. The maximum absolute atomic E-state index is 12.5. The highest BCUT2D eigenvalue weighted by Gasteiger charge is 2.39. The first-order chi connectivity index (χ1) is 10.0. The number of carboxylic acids is 1. The van der Waals surface area contributed by atoms with Crippen molar-refractivity contribution >= 4 is 11.9 Å². The minimum Gasteiger partial charge on any atom is -0.489 e. The summed E-state index contributed by atoms with van der Waals surface area (Å²) in [5, 5.41) is 18.8. The van der Waals surface area contributed by atoms with Gasteiger partial charge in [-0.05, 0) is 12.1 Å². The summed E-state index contributed by atoms with van der Waals surface area (Å²) in [5.41, 5.74) is 0.278. The number of aliphatic hydroxyl groups excluding tert-OH is 1. The van der Waals surface area contributed by atoms with Gasteiger partial charge in [-0.15, -0.1) is 0 Å². The number of β-amino-alcohol motifs (C(OH)–C–C–N with tert-alkyl or cyclic N) is 1. The lowest BCUT2D eigenvalue weighted by atomic mass is 10.1. The number of carbonyl (C=O) groups excluding carboxylic acids is 1. The van der Waals surface area contributed by atoms with Crippen LogP contribution in [-0.4, -0.2) is 52.3 Å². The second-order valence-corrected chi connectivity index (χ2v) is 4.80. The number of nitrogens with zero attached hydrogens (tertiary/aromatic N) is 1. The molecule has 0 bridgehead atoms. The molecule has 2 atom stereocenters. The summed E-state index contributed by atoms with van der Waals surface area (Å²) in [6.45, 7) is 3.79. The molecule has 6 heteroatoms. The second-order valence-electron chi connectivity index (χ2n) is 4.80. The highest BCUT2D eigenvalue weighted by atomic mass is 16.5. The van der Waals surface area contributed by atoms with Gasteiger partial charge < -0.3 is 19.8 Å². The van der Waals surface area contributed by atoms with Crippen LogP contribution in [0.2, 0.25) is 0 Å². The first-order valence-electron chi connectivity index (χ1n) is 6.59. The number of hydrogen-bond acceptors (Lipinski definition) is 4. The molecular formula is C15H17NO5. The van der Waals surface area contributed by atoms with Crippen LogP contribution in [0.25, 0.3) is 0 Å². The molecule has 0 radical (unpaired) electrons. The highest BCUT2D eigenvalue weighted by Crippen LogP contribution is 2.25. The molecule has 2 N–H and O–H groups in total. The fourth-order valence-corrected chi connectivity index (χ4v) is 2.34. The van der Waals surface area contributed by atoms with Crippen LogP contribution in [0.5, 0.6) is 5.75 Å². The number of hydrogen-bond donors (Lipinski definition) is 2. The maximum atomic E-state index is 12.5. The quantitative estimate of drug-likeness (QED) is 0.787. The van der Waals surface area contributed by atoms with Crippen molar-refractivity contribution in [1.82, 2.24) is 4.90 Å². The average molecular weight is 291 g/mol. The summed E-state index contributed by atoms with van der Waals surface area (Å²) in [5.74, 6) is -1.21. The second kappa shape index (κ2) is 6.41. The van der Waals surface area contributed by atoms with E-state index >= 15 is 0 Å². The number of ether oxygens (including phenoxy) is 1. The molecule has 2 rings (SSSR count). The van der Waals surface area contributed by atoms with Crippen LogP contribution in [0.1, 0.15) is 16.8 Å². The molecule has 0 spiro atoms. The van der Waals surface area contributed by atoms with E-state index in [1.54, 1.807) is 30.3 Å². The van der Waals surface area contributed by atoms with E-state index in [1.165, 1.54) is 4.90 Å². The molecule has 1 amide bonds. The highest BCUT2D eigenvalue weighted by molar-refractivity contribution is 5.99. The smallest absolute Gasteiger partial charge is 0.326 e. The Kier molecular flexibility index (Phi) is 4.59. The van der Waals surface area contributed by atoms with Crippen LogP contribution in [0.3, 0.4) is 0 Å². The molecule has 0 aromatic heterocycles. The summed E-state index contributed by atoms with van der Waals surface area (Å²) in [7, 11) is 0. The number of rotatable bonds is 5. The molecule has 1 aliphatic rings. The molecule has 1 heterocycles. The van der Waals surface area contributed by atoms with Gasteiger partial charge in [0.15, 0.2) is 0 Å². The summed E-state index contributed by atoms with van der Waals surface area (Å²) in [4.78, 5) is 24.9. The first kappa shape index (κ1) is 15.1. The lowest BCUT2D eigenvalue weighted by Gasteiger charge is -2.22. The van der Waals surface area contributed by atoms with Crippen LogP contribution in [0.15, 0.2) is 36.9 Å². The molecule has 0 saturated carbocycles. The third-order valence-electron chi connectivity index (χ3n) is 3.30. The third-order valence-corrected chi connectivity index (χ3v) is 3.30. The number of aliphatic hydroxyl groups is 1. The Balaban J connectivity index is 2.27. The minimum absolute atomic E-state index is 0.00555. The monoisotopic (exact) mass is 291 g/mol. The van der Waals surface area contributed by atoms with Gasteiger partial charge >= 0.3 is 5.97 Å². The molecule has 1 aromatic rings. The van der Waals surface area contributed by atoms with Gasteiger partial charge in [-0.25, -0.2) is 4.79 Å². The van der Waals surface area contributed by atoms with E-state index < -0.39 is 24.0 Å². The Labute approximate surface area is 122 Å². The summed E-state index contributed by atoms with van der Waals surface area (Å²) in [6.07, 6.45) is 0.772. The number of benzene rings is 1. The van der Waals surface area contributed by atoms with Crippen LogP contribution in [-0.2, 0) is 4.79 Å². The molecule has 1 aliphatic heterocycles. The van der Waals surface area contributed by atoms with Gasteiger partial charge in [0.2, 0.25) is 0 Å². The van der Waals surface area contributed by atoms with Crippen LogP contribution < -0.4 is 4.74 Å². The van der Waals surface area contributed by atoms with Crippen LogP contribution >= 0.6 is 0 Å². The van der Waals surface area contributed by atoms with E-state index in [0.717, 1.165) is 0 Å². The third kappa shape index (κ3) is 3.22. The number of aliphatic carboxylic acids is 1. The van der Waals surface area contributed by atoms with Crippen LogP contribution in [0.4, 0.5) is 0 Å². The molecule has 112 valence electrons. The maximum Gasteiger partial charge on any atom is 0.326 e. The van der Waals surface area contributed by atoms with E-state index in [4.69, 9.17) is 9.84 Å². The molecular weight excluding hydrogens is 274 g/mol. The largest absolute Gasteiger partial charge is 0.489 e. The van der Waals surface area contributed by atoms with Gasteiger partial charge in [0, 0.05) is 13.0 Å². The van der Waals surface area contributed by atoms with Crippen molar-refractivity contribution in [3.8, 4) is 5.75 Å². The Morgan fingerprint density at radius 2 is 2.14 bits per heavy atom. The van der Waals surface area contributed by atoms with Gasteiger partial charge in [-0.2, -0.15) is 0 Å². The summed E-state index contributed by atoms with van der Waals surface area (Å²) >= 11 is 0. The number of carboxylic acid groups (broad SMARTS) is 1. The molecule has 0 aliphatic carbocycles. The number of carbonyl (C=O) groups is 2. The Hall–Kier alpha value is -2.34. The predicted molar refractivity (Wildman–Crippen MR) is 75.2 cm³/mol. The molecule has 1 saturated heterocycles. The topological polar surface area (TPSA) is 87.1 Å². The zero-order chi connectivity index (χ0) is 15.4. The first-order valence-corrected chi connectivity index (χ1v) is 6.59. The molecule has 1 fully saturated rings. The zero-order valence-electron chi connectivity index (χ0n) is 11.4. The fourth-order valence-electron chi connectivity index (χ4n) is 2.34. The Bertz CT molecular complexity index is 557. The van der Waals surface area contributed by atoms with Gasteiger partial charge in [0.1, 0.15) is 18.4 Å². The fraction of sp³-hybridized carbons (Fsp3) is 0.333. The SMILES string of the molecule is C=CCOc1ccccc1C(=O)N1C[C@@H](O)C[C@H]1C(=O)O. The predicted octanol–water partition coefficient (Wildman–Crippen LogP) is 0.911. The van der Waals surface area contributed by atoms with E-state index in [1.807, 2.05) is 0 Å². The lowest BCUT2D eigenvalue weighted by molar-refractivity contribution is -0.141. The van der Waals surface area contributed by atoms with Gasteiger partial charge in [-0.1, -0.05) is 24.8 Å². The average Bonchev–Trinajstić information content (AvgIpc) is 2.87. The van der Waals surface area contributed by atoms with Crippen molar-refractivity contribution in [2.45, 2.75) is 18.6 Å². The number of likely N-dealkylation sites (tertiary alicyclic amines) is 1. The lowest BCUT2D eigenvalue weighted by Crippen LogP contribution is -2.40. The van der Waals surface area contributed by atoms with E-state index in [9.17, 15) is 14.7 Å². The minimum atomic E-state index is -1.12. The normalized spacial score (nSPS) is 21.1. The van der Waals surface area contributed by atoms with Crippen LogP contribution in [0, 0.1) is 0 Å². The van der Waals surface area contributed by atoms with Crippen molar-refractivity contribution in [2.75, 3.05) is 13.2 Å². The van der Waals surface area contributed by atoms with Crippen molar-refractivity contribution in [1.29, 1.82) is 0 Å². The van der Waals surface area contributed by atoms with Crippen molar-refractivity contribution < 1.29 is 24.5 Å². The van der Waals surface area contributed by atoms with E-state index in [0.29, 0.717) is 5.75 Å². The number of para-hydroxylation sites is 1. The summed E-state index contributed by atoms with van der Waals surface area (Å²) in [6, 6.07) is 5.60. The number of amides is 1. The molecule has 0 unspecified atom stereocenters. The zero-order valence-corrected chi connectivity index (χ0v) is 11.4. The standard InChI is InChI=1S/C15H17NO5/c1-2-7-21-13-6-4-3-5-11(13)14(18)16-9-10(17)8-12(16)15(19)20/h2-6,10,12,17H,1,7-9H2,(H,19,20)/t10-,12-/m0/s1. The van der Waals surface area contributed by atoms with Gasteiger partial charge in [-0.3, -0.25) is 4.79 Å². The van der Waals surface area contributed by atoms with E-state index in [-0.39, 0.29) is 25.1 Å².